The minimum Gasteiger partial charge on any atom is -0.405 e. The van der Waals surface area contributed by atoms with E-state index < -0.39 is 6.36 Å². The van der Waals surface area contributed by atoms with E-state index in [-0.39, 0.29) is 23.3 Å². The van der Waals surface area contributed by atoms with Crippen molar-refractivity contribution in [2.24, 2.45) is 5.92 Å². The van der Waals surface area contributed by atoms with E-state index in [4.69, 9.17) is 9.26 Å². The van der Waals surface area contributed by atoms with Crippen molar-refractivity contribution in [1.29, 1.82) is 0 Å². The topological polar surface area (TPSA) is 44.5 Å². The quantitative estimate of drug-likeness (QED) is 0.517. The summed E-state index contributed by atoms with van der Waals surface area (Å²) in [5.74, 6) is 1.42. The molecule has 4 rings (SSSR count). The zero-order valence-corrected chi connectivity index (χ0v) is 16.5. The molecule has 2 atom stereocenters. The van der Waals surface area contributed by atoms with Gasteiger partial charge in [-0.3, -0.25) is 0 Å². The predicted molar refractivity (Wildman–Crippen MR) is 101 cm³/mol. The monoisotopic (exact) mass is 409 g/mol. The van der Waals surface area contributed by atoms with Gasteiger partial charge in [-0.05, 0) is 43.7 Å². The molecule has 0 spiro atoms. The van der Waals surface area contributed by atoms with E-state index in [1.165, 1.54) is 18.6 Å². The van der Waals surface area contributed by atoms with Crippen LogP contribution in [0.15, 0.2) is 28.8 Å². The van der Waals surface area contributed by atoms with Gasteiger partial charge in [-0.2, -0.15) is 0 Å². The standard InChI is InChI=1S/C22H26F3NO3/c1-2-14-6-5-7-16(12-14)27-13-18-20(26-29-21(18)15-10-11-15)17-8-3-4-9-19(17)28-22(23,24)25/h3-4,8-9,14-16H,2,5-7,10-13H2,1H3/t14-,16-/m1/s1. The van der Waals surface area contributed by atoms with Crippen LogP contribution >= 0.6 is 0 Å². The van der Waals surface area contributed by atoms with Gasteiger partial charge in [0.1, 0.15) is 17.2 Å². The van der Waals surface area contributed by atoms with E-state index in [9.17, 15) is 13.2 Å². The van der Waals surface area contributed by atoms with Crippen LogP contribution in [-0.2, 0) is 11.3 Å². The fourth-order valence-electron chi connectivity index (χ4n) is 4.18. The van der Waals surface area contributed by atoms with Gasteiger partial charge in [-0.25, -0.2) is 0 Å². The van der Waals surface area contributed by atoms with Crippen LogP contribution in [0.2, 0.25) is 0 Å². The molecule has 0 aliphatic heterocycles. The third-order valence-electron chi connectivity index (χ3n) is 5.91. The van der Waals surface area contributed by atoms with Gasteiger partial charge in [0.15, 0.2) is 0 Å². The molecule has 4 nitrogen and oxygen atoms in total. The first kappa shape index (κ1) is 20.3. The van der Waals surface area contributed by atoms with E-state index in [0.717, 1.165) is 49.8 Å². The minimum atomic E-state index is -4.77. The Hall–Kier alpha value is -2.02. The zero-order chi connectivity index (χ0) is 20.4. The van der Waals surface area contributed by atoms with Crippen LogP contribution in [0.1, 0.15) is 69.1 Å². The lowest BCUT2D eigenvalue weighted by Gasteiger charge is -2.28. The summed E-state index contributed by atoms with van der Waals surface area (Å²) in [5, 5.41) is 4.13. The summed E-state index contributed by atoms with van der Waals surface area (Å²) in [6.07, 6.45) is 2.99. The van der Waals surface area contributed by atoms with Gasteiger partial charge in [-0.15, -0.1) is 13.2 Å². The highest BCUT2D eigenvalue weighted by atomic mass is 19.4. The smallest absolute Gasteiger partial charge is 0.405 e. The normalized spacial score (nSPS) is 22.6. The Bertz CT molecular complexity index is 829. The average Bonchev–Trinajstić information content (AvgIpc) is 3.45. The second-order valence-electron chi connectivity index (χ2n) is 8.07. The summed E-state index contributed by atoms with van der Waals surface area (Å²) in [7, 11) is 0. The number of ether oxygens (including phenoxy) is 2. The molecule has 0 amide bonds. The van der Waals surface area contributed by atoms with Gasteiger partial charge in [0.05, 0.1) is 12.7 Å². The highest BCUT2D eigenvalue weighted by molar-refractivity contribution is 5.70. The van der Waals surface area contributed by atoms with Crippen molar-refractivity contribution in [2.45, 2.75) is 76.9 Å². The fraction of sp³-hybridized carbons (Fsp3) is 0.591. The number of nitrogens with zero attached hydrogens (tertiary/aromatic N) is 1. The van der Waals surface area contributed by atoms with E-state index in [1.807, 2.05) is 0 Å². The molecule has 0 saturated heterocycles. The summed E-state index contributed by atoms with van der Waals surface area (Å²) in [6.45, 7) is 2.50. The maximum Gasteiger partial charge on any atom is 0.573 e. The summed E-state index contributed by atoms with van der Waals surface area (Å²) < 4.78 is 54.6. The lowest BCUT2D eigenvalue weighted by molar-refractivity contribution is -0.274. The number of hydrogen-bond acceptors (Lipinski definition) is 4. The first-order chi connectivity index (χ1) is 13.9. The van der Waals surface area contributed by atoms with Gasteiger partial charge in [0.25, 0.3) is 0 Å². The van der Waals surface area contributed by atoms with E-state index in [0.29, 0.717) is 18.2 Å². The van der Waals surface area contributed by atoms with Crippen LogP contribution in [0.3, 0.4) is 0 Å². The average molecular weight is 409 g/mol. The van der Waals surface area contributed by atoms with E-state index in [1.54, 1.807) is 12.1 Å². The van der Waals surface area contributed by atoms with Gasteiger partial charge < -0.3 is 14.0 Å². The fourth-order valence-corrected chi connectivity index (χ4v) is 4.18. The van der Waals surface area contributed by atoms with E-state index >= 15 is 0 Å². The third-order valence-corrected chi connectivity index (χ3v) is 5.91. The van der Waals surface area contributed by atoms with Crippen LogP contribution in [0.4, 0.5) is 13.2 Å². The zero-order valence-electron chi connectivity index (χ0n) is 16.5. The van der Waals surface area contributed by atoms with Crippen LogP contribution in [0, 0.1) is 5.92 Å². The lowest BCUT2D eigenvalue weighted by atomic mass is 9.85. The maximum atomic E-state index is 12.9. The molecule has 7 heteroatoms. The number of rotatable bonds is 7. The lowest BCUT2D eigenvalue weighted by Crippen LogP contribution is -2.22. The molecular formula is C22H26F3NO3. The molecule has 0 unspecified atom stereocenters. The Morgan fingerprint density at radius 2 is 1.93 bits per heavy atom. The molecule has 2 saturated carbocycles. The van der Waals surface area contributed by atoms with Crippen molar-refractivity contribution in [2.75, 3.05) is 0 Å². The molecule has 0 N–H and O–H groups in total. The third kappa shape index (κ3) is 4.94. The molecule has 2 aliphatic carbocycles. The number of para-hydroxylation sites is 1. The number of aromatic nitrogens is 1. The first-order valence-electron chi connectivity index (χ1n) is 10.4. The molecular weight excluding hydrogens is 383 g/mol. The minimum absolute atomic E-state index is 0.171. The molecule has 2 aliphatic rings. The summed E-state index contributed by atoms with van der Waals surface area (Å²) in [6, 6.07) is 6.05. The molecule has 2 aromatic rings. The molecule has 2 fully saturated rings. The van der Waals surface area contributed by atoms with Crippen LogP contribution in [-0.4, -0.2) is 17.6 Å². The molecule has 1 aromatic carbocycles. The molecule has 29 heavy (non-hydrogen) atoms. The van der Waals surface area contributed by atoms with Crippen molar-refractivity contribution >= 4 is 0 Å². The predicted octanol–water partition coefficient (Wildman–Crippen LogP) is 6.60. The Balaban J connectivity index is 1.59. The van der Waals surface area contributed by atoms with Gasteiger partial charge >= 0.3 is 6.36 Å². The SMILES string of the molecule is CC[C@@H]1CCC[C@@H](OCc2c(-c3ccccc3OC(F)(F)F)noc2C2CC2)C1. The van der Waals surface area contributed by atoms with Crippen LogP contribution in [0.5, 0.6) is 5.75 Å². The van der Waals surface area contributed by atoms with Crippen molar-refractivity contribution in [3.8, 4) is 17.0 Å². The molecule has 1 heterocycles. The Labute approximate surface area is 168 Å². The summed E-state index contributed by atoms with van der Waals surface area (Å²) in [5.41, 5.74) is 1.41. The summed E-state index contributed by atoms with van der Waals surface area (Å²) >= 11 is 0. The number of hydrogen-bond donors (Lipinski definition) is 0. The van der Waals surface area contributed by atoms with Crippen LogP contribution < -0.4 is 4.74 Å². The second-order valence-corrected chi connectivity index (χ2v) is 8.07. The number of benzene rings is 1. The highest BCUT2D eigenvalue weighted by Gasteiger charge is 2.36. The molecule has 0 bridgehead atoms. The van der Waals surface area contributed by atoms with E-state index in [2.05, 4.69) is 16.8 Å². The Kier molecular flexibility index (Phi) is 5.86. The number of halogens is 3. The first-order valence-corrected chi connectivity index (χ1v) is 10.4. The largest absolute Gasteiger partial charge is 0.573 e. The maximum absolute atomic E-state index is 12.9. The van der Waals surface area contributed by atoms with Crippen molar-refractivity contribution in [3.63, 3.8) is 0 Å². The highest BCUT2D eigenvalue weighted by Crippen LogP contribution is 2.46. The second kappa shape index (κ2) is 8.38. The Morgan fingerprint density at radius 3 is 2.66 bits per heavy atom. The van der Waals surface area contributed by atoms with Crippen LogP contribution in [0.25, 0.3) is 11.3 Å². The summed E-state index contributed by atoms with van der Waals surface area (Å²) in [4.78, 5) is 0. The van der Waals surface area contributed by atoms with Gasteiger partial charge in [0.2, 0.25) is 0 Å². The van der Waals surface area contributed by atoms with Gasteiger partial charge in [-0.1, -0.05) is 43.5 Å². The Morgan fingerprint density at radius 1 is 1.14 bits per heavy atom. The molecule has 0 radical (unpaired) electrons. The number of alkyl halides is 3. The molecule has 158 valence electrons. The van der Waals surface area contributed by atoms with Crippen molar-refractivity contribution in [1.82, 2.24) is 5.16 Å². The van der Waals surface area contributed by atoms with Gasteiger partial charge in [0, 0.05) is 17.0 Å². The van der Waals surface area contributed by atoms with Crippen molar-refractivity contribution in [3.05, 3.63) is 35.6 Å². The van der Waals surface area contributed by atoms with Crippen molar-refractivity contribution < 1.29 is 27.2 Å². The molecule has 1 aromatic heterocycles.